The van der Waals surface area contributed by atoms with Crippen molar-refractivity contribution in [2.75, 3.05) is 6.61 Å². The lowest BCUT2D eigenvalue weighted by molar-refractivity contribution is -0.123. The molecule has 21 heavy (non-hydrogen) atoms. The van der Waals surface area contributed by atoms with E-state index in [4.69, 9.17) is 16.3 Å². The molecule has 0 radical (unpaired) electrons. The number of amides is 1. The van der Waals surface area contributed by atoms with Crippen molar-refractivity contribution in [3.63, 3.8) is 0 Å². The molecule has 1 N–H and O–H groups in total. The van der Waals surface area contributed by atoms with E-state index in [0.29, 0.717) is 24.6 Å². The molecule has 6 nitrogen and oxygen atoms in total. The Hall–Kier alpha value is -2.08. The smallest absolute Gasteiger partial charge is 0.228 e. The highest BCUT2D eigenvalue weighted by atomic mass is 35.5. The van der Waals surface area contributed by atoms with Gasteiger partial charge in [0.25, 0.3) is 0 Å². The Morgan fingerprint density at radius 3 is 3.19 bits per heavy atom. The van der Waals surface area contributed by atoms with Crippen molar-refractivity contribution in [1.82, 2.24) is 20.3 Å². The molecule has 0 bridgehead atoms. The van der Waals surface area contributed by atoms with Crippen LogP contribution in [0.25, 0.3) is 0 Å². The molecular weight excluding hydrogens is 292 g/mol. The molecule has 1 amide bonds. The lowest BCUT2D eigenvalue weighted by atomic mass is 9.92. The summed E-state index contributed by atoms with van der Waals surface area (Å²) in [6, 6.07) is 5.37. The monoisotopic (exact) mass is 306 g/mol. The quantitative estimate of drug-likeness (QED) is 0.936. The Kier molecular flexibility index (Phi) is 3.79. The lowest BCUT2D eigenvalue weighted by Gasteiger charge is -2.25. The number of rotatable bonds is 3. The van der Waals surface area contributed by atoms with E-state index in [9.17, 15) is 4.79 Å². The summed E-state index contributed by atoms with van der Waals surface area (Å²) in [4.78, 5) is 12.4. The van der Waals surface area contributed by atoms with Gasteiger partial charge in [-0.2, -0.15) is 0 Å². The number of fused-ring (bicyclic) bond motifs is 1. The molecule has 1 aromatic heterocycles. The average molecular weight is 307 g/mol. The van der Waals surface area contributed by atoms with Crippen LogP contribution in [0.2, 0.25) is 5.02 Å². The number of carbonyl (C=O) groups is 1. The summed E-state index contributed by atoms with van der Waals surface area (Å²) in [5.41, 5.74) is 1.69. The fraction of sp³-hybridized carbons (Fsp3) is 0.357. The molecule has 0 spiro atoms. The van der Waals surface area contributed by atoms with Crippen molar-refractivity contribution in [3.8, 4) is 5.75 Å². The Labute approximate surface area is 127 Å². The topological polar surface area (TPSA) is 69.0 Å². The van der Waals surface area contributed by atoms with E-state index in [1.807, 2.05) is 6.07 Å². The Bertz CT molecular complexity index is 671. The maximum absolute atomic E-state index is 12.4. The summed E-state index contributed by atoms with van der Waals surface area (Å²) in [7, 11) is 1.79. The van der Waals surface area contributed by atoms with E-state index in [0.717, 1.165) is 17.0 Å². The van der Waals surface area contributed by atoms with E-state index in [2.05, 4.69) is 15.6 Å². The molecule has 7 heteroatoms. The van der Waals surface area contributed by atoms with Crippen LogP contribution in [0.4, 0.5) is 0 Å². The molecule has 2 heterocycles. The van der Waals surface area contributed by atoms with Gasteiger partial charge in [-0.15, -0.1) is 5.10 Å². The summed E-state index contributed by atoms with van der Waals surface area (Å²) in [6.07, 6.45) is 2.28. The van der Waals surface area contributed by atoms with E-state index in [1.54, 1.807) is 30.1 Å². The number of ether oxygens (including phenoxy) is 1. The Morgan fingerprint density at radius 1 is 1.57 bits per heavy atom. The Balaban J connectivity index is 1.74. The lowest BCUT2D eigenvalue weighted by Crippen LogP contribution is -2.32. The molecule has 0 fully saturated rings. The highest BCUT2D eigenvalue weighted by Gasteiger charge is 2.27. The number of hydrogen-bond donors (Lipinski definition) is 1. The normalized spacial score (nSPS) is 17.0. The van der Waals surface area contributed by atoms with Gasteiger partial charge in [-0.05, 0) is 24.6 Å². The first-order valence-corrected chi connectivity index (χ1v) is 7.06. The van der Waals surface area contributed by atoms with Crippen LogP contribution in [-0.4, -0.2) is 27.5 Å². The molecule has 1 aliphatic rings. The van der Waals surface area contributed by atoms with Gasteiger partial charge in [-0.1, -0.05) is 16.8 Å². The largest absolute Gasteiger partial charge is 0.493 e. The number of nitrogens with one attached hydrogen (secondary N) is 1. The predicted molar refractivity (Wildman–Crippen MR) is 77.2 cm³/mol. The third-order valence-electron chi connectivity index (χ3n) is 3.58. The van der Waals surface area contributed by atoms with Gasteiger partial charge >= 0.3 is 0 Å². The van der Waals surface area contributed by atoms with Gasteiger partial charge < -0.3 is 10.1 Å². The summed E-state index contributed by atoms with van der Waals surface area (Å²) in [6.45, 7) is 0.926. The zero-order valence-electron chi connectivity index (χ0n) is 11.5. The van der Waals surface area contributed by atoms with Crippen LogP contribution in [0, 0.1) is 0 Å². The molecule has 110 valence electrons. The zero-order valence-corrected chi connectivity index (χ0v) is 12.3. The van der Waals surface area contributed by atoms with Gasteiger partial charge in [0, 0.05) is 17.6 Å². The molecule has 1 atom stereocenters. The highest BCUT2D eigenvalue weighted by molar-refractivity contribution is 6.30. The molecule has 1 aliphatic heterocycles. The minimum atomic E-state index is -0.242. The number of hydrogen-bond acceptors (Lipinski definition) is 4. The summed E-state index contributed by atoms with van der Waals surface area (Å²) >= 11 is 6.02. The van der Waals surface area contributed by atoms with Crippen molar-refractivity contribution in [1.29, 1.82) is 0 Å². The number of carbonyl (C=O) groups excluding carboxylic acids is 1. The van der Waals surface area contributed by atoms with Crippen molar-refractivity contribution in [2.45, 2.75) is 18.9 Å². The maximum atomic E-state index is 12.4. The van der Waals surface area contributed by atoms with Crippen LogP contribution in [0.15, 0.2) is 24.4 Å². The van der Waals surface area contributed by atoms with Crippen molar-refractivity contribution in [3.05, 3.63) is 40.7 Å². The second-order valence-electron chi connectivity index (χ2n) is 4.94. The van der Waals surface area contributed by atoms with E-state index >= 15 is 0 Å². The number of benzene rings is 1. The van der Waals surface area contributed by atoms with E-state index in [-0.39, 0.29) is 11.8 Å². The number of aromatic nitrogens is 3. The van der Waals surface area contributed by atoms with Gasteiger partial charge in [0.05, 0.1) is 31.0 Å². The first-order valence-electron chi connectivity index (χ1n) is 6.68. The van der Waals surface area contributed by atoms with Crippen LogP contribution < -0.4 is 10.1 Å². The minimum absolute atomic E-state index is 0.0389. The molecule has 0 aliphatic carbocycles. The van der Waals surface area contributed by atoms with E-state index < -0.39 is 0 Å². The molecule has 1 aromatic carbocycles. The minimum Gasteiger partial charge on any atom is -0.493 e. The number of halogens is 1. The van der Waals surface area contributed by atoms with Crippen LogP contribution in [0.1, 0.15) is 23.6 Å². The number of nitrogens with zero attached hydrogens (tertiary/aromatic N) is 3. The van der Waals surface area contributed by atoms with E-state index in [1.165, 1.54) is 0 Å². The van der Waals surface area contributed by atoms with Crippen LogP contribution >= 0.6 is 11.6 Å². The van der Waals surface area contributed by atoms with Crippen LogP contribution in [-0.2, 0) is 18.4 Å². The second-order valence-corrected chi connectivity index (χ2v) is 5.38. The van der Waals surface area contributed by atoms with Crippen molar-refractivity contribution in [2.24, 2.45) is 7.05 Å². The van der Waals surface area contributed by atoms with Gasteiger partial charge in [-0.3, -0.25) is 9.48 Å². The van der Waals surface area contributed by atoms with Crippen LogP contribution in [0.3, 0.4) is 0 Å². The van der Waals surface area contributed by atoms with Crippen molar-refractivity contribution >= 4 is 17.5 Å². The molecule has 1 unspecified atom stereocenters. The van der Waals surface area contributed by atoms with Gasteiger partial charge in [-0.25, -0.2) is 0 Å². The first-order chi connectivity index (χ1) is 10.1. The molecule has 0 saturated heterocycles. The summed E-state index contributed by atoms with van der Waals surface area (Å²) in [5.74, 6) is 0.449. The first kappa shape index (κ1) is 13.9. The van der Waals surface area contributed by atoms with Crippen LogP contribution in [0.5, 0.6) is 5.75 Å². The zero-order chi connectivity index (χ0) is 14.8. The number of aryl methyl sites for hydroxylation is 1. The molecule has 0 saturated carbocycles. The second kappa shape index (κ2) is 5.73. The third kappa shape index (κ3) is 2.85. The summed E-state index contributed by atoms with van der Waals surface area (Å²) < 4.78 is 7.20. The SMILES string of the molecule is Cn1nncc1CNC(=O)C1CCOc2ccc(Cl)cc21. The highest BCUT2D eigenvalue weighted by Crippen LogP contribution is 2.35. The standard InChI is InChI=1S/C14H15ClN4O2/c1-19-10(8-17-18-19)7-16-14(20)11-4-5-21-13-3-2-9(15)6-12(11)13/h2-3,6,8,11H,4-5,7H2,1H3,(H,16,20). The molecular formula is C14H15ClN4O2. The Morgan fingerprint density at radius 2 is 2.43 bits per heavy atom. The average Bonchev–Trinajstić information content (AvgIpc) is 2.89. The maximum Gasteiger partial charge on any atom is 0.228 e. The fourth-order valence-corrected chi connectivity index (χ4v) is 2.59. The third-order valence-corrected chi connectivity index (χ3v) is 3.81. The molecule has 3 rings (SSSR count). The fourth-order valence-electron chi connectivity index (χ4n) is 2.41. The van der Waals surface area contributed by atoms with Gasteiger partial charge in [0.15, 0.2) is 0 Å². The van der Waals surface area contributed by atoms with Gasteiger partial charge in [0.2, 0.25) is 5.91 Å². The summed E-state index contributed by atoms with van der Waals surface area (Å²) in [5, 5.41) is 11.1. The molecule has 2 aromatic rings. The predicted octanol–water partition coefficient (Wildman–Crippen LogP) is 1.65. The van der Waals surface area contributed by atoms with Gasteiger partial charge in [0.1, 0.15) is 5.75 Å². The van der Waals surface area contributed by atoms with Crippen molar-refractivity contribution < 1.29 is 9.53 Å².